The number of methoxy groups -OCH3 is 1. The Morgan fingerprint density at radius 1 is 1.42 bits per heavy atom. The first-order valence-electron chi connectivity index (χ1n) is 8.36. The van der Waals surface area contributed by atoms with Gasteiger partial charge in [0.15, 0.2) is 0 Å². The van der Waals surface area contributed by atoms with Gasteiger partial charge in [0.2, 0.25) is 5.91 Å². The highest BCUT2D eigenvalue weighted by Gasteiger charge is 2.23. The van der Waals surface area contributed by atoms with E-state index in [-0.39, 0.29) is 5.91 Å². The number of benzene rings is 1. The van der Waals surface area contributed by atoms with Crippen molar-refractivity contribution in [2.45, 2.75) is 25.4 Å². The van der Waals surface area contributed by atoms with Crippen LogP contribution in [0.1, 0.15) is 18.4 Å². The number of halogens is 1. The summed E-state index contributed by atoms with van der Waals surface area (Å²) in [7, 11) is 7.70. The van der Waals surface area contributed by atoms with Gasteiger partial charge >= 0.3 is 0 Å². The third-order valence-corrected chi connectivity index (χ3v) is 4.98. The molecule has 0 aromatic heterocycles. The van der Waals surface area contributed by atoms with E-state index in [0.717, 1.165) is 30.9 Å². The second-order valence-corrected chi connectivity index (χ2v) is 7.08. The topological polar surface area (TPSA) is 36.0 Å². The molecule has 1 aliphatic heterocycles. The van der Waals surface area contributed by atoms with Crippen LogP contribution in [-0.4, -0.2) is 74.5 Å². The fraction of sp³-hybridized carbons (Fsp3) is 0.611. The van der Waals surface area contributed by atoms with Crippen LogP contribution in [0.3, 0.4) is 0 Å². The molecule has 1 atom stereocenters. The summed E-state index contributed by atoms with van der Waals surface area (Å²) in [6.07, 6.45) is 1.70. The summed E-state index contributed by atoms with van der Waals surface area (Å²) in [6, 6.07) is 6.03. The van der Waals surface area contributed by atoms with Crippen molar-refractivity contribution in [2.75, 3.05) is 47.9 Å². The summed E-state index contributed by atoms with van der Waals surface area (Å²) in [5.41, 5.74) is 0.923. The van der Waals surface area contributed by atoms with Crippen LogP contribution >= 0.6 is 11.6 Å². The molecule has 0 spiro atoms. The van der Waals surface area contributed by atoms with Crippen molar-refractivity contribution in [3.05, 3.63) is 28.8 Å². The van der Waals surface area contributed by atoms with Gasteiger partial charge in [-0.05, 0) is 45.3 Å². The molecule has 2 rings (SSSR count). The molecule has 1 saturated heterocycles. The summed E-state index contributed by atoms with van der Waals surface area (Å²) >= 11 is 6.05. The Morgan fingerprint density at radius 2 is 2.17 bits per heavy atom. The van der Waals surface area contributed by atoms with E-state index in [4.69, 9.17) is 16.3 Å². The highest BCUT2D eigenvalue weighted by Crippen LogP contribution is 2.24. The molecule has 1 fully saturated rings. The Balaban J connectivity index is 1.85. The Morgan fingerprint density at radius 3 is 2.79 bits per heavy atom. The van der Waals surface area contributed by atoms with Crippen molar-refractivity contribution in [1.82, 2.24) is 14.7 Å². The molecule has 0 saturated carbocycles. The first-order chi connectivity index (χ1) is 11.4. The second-order valence-electron chi connectivity index (χ2n) is 6.64. The minimum absolute atomic E-state index is 0.134. The predicted octanol–water partition coefficient (Wildman–Crippen LogP) is 2.33. The molecule has 5 nitrogen and oxygen atoms in total. The molecule has 0 aliphatic carbocycles. The molecular weight excluding hydrogens is 326 g/mol. The van der Waals surface area contributed by atoms with E-state index < -0.39 is 0 Å². The highest BCUT2D eigenvalue weighted by molar-refractivity contribution is 6.30. The molecule has 1 aromatic carbocycles. The predicted molar refractivity (Wildman–Crippen MR) is 97.6 cm³/mol. The van der Waals surface area contributed by atoms with Crippen molar-refractivity contribution in [2.24, 2.45) is 0 Å². The summed E-state index contributed by atoms with van der Waals surface area (Å²) in [5.74, 6) is 0.889. The lowest BCUT2D eigenvalue weighted by Crippen LogP contribution is -2.37. The summed E-state index contributed by atoms with van der Waals surface area (Å²) < 4.78 is 5.35. The van der Waals surface area contributed by atoms with Gasteiger partial charge in [0.05, 0.1) is 7.11 Å². The van der Waals surface area contributed by atoms with E-state index in [0.29, 0.717) is 24.0 Å². The van der Waals surface area contributed by atoms with Crippen LogP contribution in [-0.2, 0) is 11.3 Å². The van der Waals surface area contributed by atoms with Gasteiger partial charge in [0.25, 0.3) is 0 Å². The standard InChI is InChI=1S/C18H28ClN3O2/c1-20-9-7-16(13-20)21(2)10-8-18(23)22(3)12-14-11-15(19)5-6-17(14)24-4/h5-6,11,16H,7-10,12-13H2,1-4H3/t16-/m0/s1. The van der Waals surface area contributed by atoms with Crippen molar-refractivity contribution in [3.63, 3.8) is 0 Å². The molecule has 1 heterocycles. The Hall–Kier alpha value is -1.30. The maximum Gasteiger partial charge on any atom is 0.223 e. The van der Waals surface area contributed by atoms with E-state index >= 15 is 0 Å². The van der Waals surface area contributed by atoms with Crippen molar-refractivity contribution in [1.29, 1.82) is 0 Å². The Kier molecular flexibility index (Phi) is 6.90. The monoisotopic (exact) mass is 353 g/mol. The van der Waals surface area contributed by atoms with Gasteiger partial charge in [-0.2, -0.15) is 0 Å². The number of carbonyl (C=O) groups is 1. The average Bonchev–Trinajstić information content (AvgIpc) is 2.99. The quantitative estimate of drug-likeness (QED) is 0.753. The zero-order chi connectivity index (χ0) is 17.7. The first-order valence-corrected chi connectivity index (χ1v) is 8.73. The van der Waals surface area contributed by atoms with Crippen molar-refractivity contribution < 1.29 is 9.53 Å². The Bertz CT molecular complexity index is 567. The molecule has 0 unspecified atom stereocenters. The molecule has 24 heavy (non-hydrogen) atoms. The molecular formula is C18H28ClN3O2. The normalized spacial score (nSPS) is 18.2. The average molecular weight is 354 g/mol. The first kappa shape index (κ1) is 19.0. The number of rotatable bonds is 7. The van der Waals surface area contributed by atoms with Crippen LogP contribution in [0.25, 0.3) is 0 Å². The van der Waals surface area contributed by atoms with Crippen LogP contribution in [0.5, 0.6) is 5.75 Å². The molecule has 0 bridgehead atoms. The minimum Gasteiger partial charge on any atom is -0.496 e. The lowest BCUT2D eigenvalue weighted by molar-refractivity contribution is -0.130. The number of hydrogen-bond donors (Lipinski definition) is 0. The molecule has 0 N–H and O–H groups in total. The van der Waals surface area contributed by atoms with Crippen LogP contribution in [0.2, 0.25) is 5.02 Å². The largest absolute Gasteiger partial charge is 0.496 e. The summed E-state index contributed by atoms with van der Waals surface area (Å²) in [5, 5.41) is 0.650. The van der Waals surface area contributed by atoms with Crippen LogP contribution in [0.15, 0.2) is 18.2 Å². The minimum atomic E-state index is 0.134. The zero-order valence-corrected chi connectivity index (χ0v) is 15.8. The molecule has 6 heteroatoms. The summed E-state index contributed by atoms with van der Waals surface area (Å²) in [4.78, 5) is 18.8. The number of carbonyl (C=O) groups excluding carboxylic acids is 1. The SMILES string of the molecule is COc1ccc(Cl)cc1CN(C)C(=O)CCN(C)[C@H]1CCN(C)C1. The fourth-order valence-corrected chi connectivity index (χ4v) is 3.33. The number of nitrogens with zero attached hydrogens (tertiary/aromatic N) is 3. The van der Waals surface area contributed by atoms with Gasteiger partial charge in [-0.25, -0.2) is 0 Å². The van der Waals surface area contributed by atoms with E-state index in [1.165, 1.54) is 6.42 Å². The van der Waals surface area contributed by atoms with E-state index in [1.807, 2.05) is 19.2 Å². The van der Waals surface area contributed by atoms with Gasteiger partial charge in [-0.15, -0.1) is 0 Å². The second kappa shape index (κ2) is 8.70. The van der Waals surface area contributed by atoms with E-state index in [1.54, 1.807) is 18.1 Å². The third-order valence-electron chi connectivity index (χ3n) is 4.74. The smallest absolute Gasteiger partial charge is 0.223 e. The lowest BCUT2D eigenvalue weighted by atomic mass is 10.2. The van der Waals surface area contributed by atoms with Gasteiger partial charge in [0.1, 0.15) is 5.75 Å². The highest BCUT2D eigenvalue weighted by atomic mass is 35.5. The van der Waals surface area contributed by atoms with Gasteiger partial charge in [-0.3, -0.25) is 4.79 Å². The van der Waals surface area contributed by atoms with E-state index in [2.05, 4.69) is 23.9 Å². The van der Waals surface area contributed by atoms with Gasteiger partial charge in [0, 0.05) is 49.7 Å². The molecule has 0 radical (unpaired) electrons. The van der Waals surface area contributed by atoms with E-state index in [9.17, 15) is 4.79 Å². The van der Waals surface area contributed by atoms with Crippen LogP contribution in [0, 0.1) is 0 Å². The van der Waals surface area contributed by atoms with Crippen LogP contribution in [0.4, 0.5) is 0 Å². The van der Waals surface area contributed by atoms with Crippen molar-refractivity contribution in [3.8, 4) is 5.75 Å². The fourth-order valence-electron chi connectivity index (χ4n) is 3.13. The zero-order valence-electron chi connectivity index (χ0n) is 15.1. The number of amides is 1. The molecule has 1 aromatic rings. The lowest BCUT2D eigenvalue weighted by Gasteiger charge is -2.25. The number of likely N-dealkylation sites (N-methyl/N-ethyl adjacent to an activating group) is 2. The number of hydrogen-bond acceptors (Lipinski definition) is 4. The van der Waals surface area contributed by atoms with Crippen LogP contribution < -0.4 is 4.74 Å². The Labute approximate surface area is 150 Å². The maximum atomic E-state index is 12.4. The third kappa shape index (κ3) is 5.10. The van der Waals surface area contributed by atoms with Gasteiger partial charge < -0.3 is 19.4 Å². The maximum absolute atomic E-state index is 12.4. The van der Waals surface area contributed by atoms with Crippen molar-refractivity contribution >= 4 is 17.5 Å². The molecule has 1 amide bonds. The molecule has 1 aliphatic rings. The van der Waals surface area contributed by atoms with Gasteiger partial charge in [-0.1, -0.05) is 11.6 Å². The molecule has 134 valence electrons. The number of ether oxygens (including phenoxy) is 1. The summed E-state index contributed by atoms with van der Waals surface area (Å²) in [6.45, 7) is 3.50. The number of likely N-dealkylation sites (tertiary alicyclic amines) is 1.